The molecule has 90 valence electrons. The zero-order chi connectivity index (χ0) is 13.0. The quantitative estimate of drug-likeness (QED) is 0.319. The Hall–Kier alpha value is -2.57. The molecule has 7 N–H and O–H groups in total. The van der Waals surface area contributed by atoms with E-state index in [1.54, 1.807) is 0 Å². The van der Waals surface area contributed by atoms with Gasteiger partial charge in [-0.25, -0.2) is 4.99 Å². The van der Waals surface area contributed by atoms with Crippen molar-refractivity contribution in [2.24, 2.45) is 27.2 Å². The SMILES string of the molecule is CC(=O)c1cccc(O)c1N=C(N)N=C(N)N. The molecule has 0 radical (unpaired) electrons. The monoisotopic (exact) mass is 235 g/mol. The minimum atomic E-state index is -0.258. The number of Topliss-reactive ketones (excluding diaryl/α,β-unsaturated/α-hetero) is 1. The van der Waals surface area contributed by atoms with Gasteiger partial charge in [-0.1, -0.05) is 6.07 Å². The molecule has 0 aliphatic carbocycles. The summed E-state index contributed by atoms with van der Waals surface area (Å²) in [4.78, 5) is 18.6. The molecule has 0 spiro atoms. The molecular weight excluding hydrogens is 222 g/mol. The van der Waals surface area contributed by atoms with Crippen molar-refractivity contribution >= 4 is 23.4 Å². The van der Waals surface area contributed by atoms with E-state index in [4.69, 9.17) is 17.2 Å². The van der Waals surface area contributed by atoms with Crippen LogP contribution in [-0.2, 0) is 0 Å². The largest absolute Gasteiger partial charge is 0.506 e. The van der Waals surface area contributed by atoms with E-state index in [0.717, 1.165) is 0 Å². The average molecular weight is 235 g/mol. The Labute approximate surface area is 97.7 Å². The number of rotatable bonds is 2. The van der Waals surface area contributed by atoms with E-state index in [-0.39, 0.29) is 34.7 Å². The van der Waals surface area contributed by atoms with Crippen molar-refractivity contribution < 1.29 is 9.90 Å². The molecule has 0 atom stereocenters. The maximum Gasteiger partial charge on any atom is 0.223 e. The van der Waals surface area contributed by atoms with Gasteiger partial charge in [0, 0.05) is 5.56 Å². The molecule has 1 aromatic carbocycles. The van der Waals surface area contributed by atoms with E-state index in [2.05, 4.69) is 9.98 Å². The van der Waals surface area contributed by atoms with Crippen molar-refractivity contribution in [1.82, 2.24) is 0 Å². The molecule has 17 heavy (non-hydrogen) atoms. The number of hydrogen-bond acceptors (Lipinski definition) is 3. The molecule has 0 aromatic heterocycles. The first-order valence-corrected chi connectivity index (χ1v) is 4.68. The summed E-state index contributed by atoms with van der Waals surface area (Å²) in [6.07, 6.45) is 0. The van der Waals surface area contributed by atoms with Crippen LogP contribution in [0, 0.1) is 0 Å². The van der Waals surface area contributed by atoms with Crippen molar-refractivity contribution in [3.63, 3.8) is 0 Å². The van der Waals surface area contributed by atoms with Gasteiger partial charge in [0.2, 0.25) is 5.96 Å². The van der Waals surface area contributed by atoms with Gasteiger partial charge in [0.25, 0.3) is 0 Å². The third-order valence-corrected chi connectivity index (χ3v) is 1.86. The fraction of sp³-hybridized carbons (Fsp3) is 0.100. The van der Waals surface area contributed by atoms with Gasteiger partial charge in [-0.3, -0.25) is 4.79 Å². The van der Waals surface area contributed by atoms with Crippen LogP contribution in [0.5, 0.6) is 5.75 Å². The smallest absolute Gasteiger partial charge is 0.223 e. The van der Waals surface area contributed by atoms with Crippen LogP contribution < -0.4 is 17.2 Å². The van der Waals surface area contributed by atoms with Crippen LogP contribution in [0.1, 0.15) is 17.3 Å². The molecule has 0 saturated heterocycles. The maximum absolute atomic E-state index is 11.3. The lowest BCUT2D eigenvalue weighted by Crippen LogP contribution is -2.26. The number of phenols is 1. The van der Waals surface area contributed by atoms with E-state index in [1.165, 1.54) is 25.1 Å². The zero-order valence-corrected chi connectivity index (χ0v) is 9.21. The number of hydrogen-bond donors (Lipinski definition) is 4. The van der Waals surface area contributed by atoms with Gasteiger partial charge >= 0.3 is 0 Å². The van der Waals surface area contributed by atoms with Crippen molar-refractivity contribution in [3.05, 3.63) is 23.8 Å². The molecule has 1 rings (SSSR count). The molecule has 7 nitrogen and oxygen atoms in total. The van der Waals surface area contributed by atoms with Crippen LogP contribution >= 0.6 is 0 Å². The molecular formula is C10H13N5O2. The first-order valence-electron chi connectivity index (χ1n) is 4.68. The van der Waals surface area contributed by atoms with Crippen molar-refractivity contribution in [2.75, 3.05) is 0 Å². The van der Waals surface area contributed by atoms with E-state index >= 15 is 0 Å². The van der Waals surface area contributed by atoms with Crippen LogP contribution in [0.2, 0.25) is 0 Å². The van der Waals surface area contributed by atoms with Gasteiger partial charge in [-0.15, -0.1) is 0 Å². The topological polar surface area (TPSA) is 140 Å². The summed E-state index contributed by atoms with van der Waals surface area (Å²) in [5.41, 5.74) is 15.9. The summed E-state index contributed by atoms with van der Waals surface area (Å²) in [6.45, 7) is 1.35. The van der Waals surface area contributed by atoms with E-state index in [1.807, 2.05) is 0 Å². The predicted molar refractivity (Wildman–Crippen MR) is 65.2 cm³/mol. The van der Waals surface area contributed by atoms with E-state index in [9.17, 15) is 9.90 Å². The molecule has 0 aliphatic rings. The lowest BCUT2D eigenvalue weighted by atomic mass is 10.1. The Morgan fingerprint density at radius 1 is 1.29 bits per heavy atom. The Morgan fingerprint density at radius 2 is 1.94 bits per heavy atom. The second kappa shape index (κ2) is 4.97. The highest BCUT2D eigenvalue weighted by Crippen LogP contribution is 2.30. The summed E-state index contributed by atoms with van der Waals surface area (Å²) in [5.74, 6) is -0.927. The second-order valence-electron chi connectivity index (χ2n) is 3.24. The van der Waals surface area contributed by atoms with Crippen molar-refractivity contribution in [1.29, 1.82) is 0 Å². The minimum Gasteiger partial charge on any atom is -0.506 e. The van der Waals surface area contributed by atoms with E-state index < -0.39 is 0 Å². The zero-order valence-electron chi connectivity index (χ0n) is 9.21. The highest BCUT2D eigenvalue weighted by atomic mass is 16.3. The number of carbonyl (C=O) groups excluding carboxylic acids is 1. The summed E-state index contributed by atoms with van der Waals surface area (Å²) >= 11 is 0. The number of ketones is 1. The Kier molecular flexibility index (Phi) is 3.66. The predicted octanol–water partition coefficient (Wildman–Crippen LogP) is -0.186. The first kappa shape index (κ1) is 12.5. The summed E-state index contributed by atoms with van der Waals surface area (Å²) in [5, 5.41) is 9.60. The Balaban J connectivity index is 3.31. The molecule has 0 fully saturated rings. The van der Waals surface area contributed by atoms with Crippen LogP contribution in [0.3, 0.4) is 0 Å². The third-order valence-electron chi connectivity index (χ3n) is 1.86. The highest BCUT2D eigenvalue weighted by molar-refractivity contribution is 6.02. The number of aromatic hydroxyl groups is 1. The molecule has 0 amide bonds. The number of phenolic OH excluding ortho intramolecular Hbond substituents is 1. The lowest BCUT2D eigenvalue weighted by molar-refractivity contribution is 0.101. The van der Waals surface area contributed by atoms with Gasteiger partial charge in [0.05, 0.1) is 0 Å². The van der Waals surface area contributed by atoms with Gasteiger partial charge in [-0.2, -0.15) is 4.99 Å². The summed E-state index contributed by atoms with van der Waals surface area (Å²) in [7, 11) is 0. The van der Waals surface area contributed by atoms with Crippen molar-refractivity contribution in [2.45, 2.75) is 6.92 Å². The fourth-order valence-electron chi connectivity index (χ4n) is 1.20. The van der Waals surface area contributed by atoms with Crippen LogP contribution in [0.25, 0.3) is 0 Å². The number of para-hydroxylation sites is 1. The number of nitrogens with zero attached hydrogens (tertiary/aromatic N) is 2. The molecule has 0 unspecified atom stereocenters. The minimum absolute atomic E-state index is 0.0440. The normalized spacial score (nSPS) is 11.0. The average Bonchev–Trinajstić information content (AvgIpc) is 2.19. The molecule has 0 heterocycles. The third kappa shape index (κ3) is 3.20. The number of aliphatic imine (C=N–C) groups is 2. The Morgan fingerprint density at radius 3 is 2.47 bits per heavy atom. The molecule has 7 heteroatoms. The fourth-order valence-corrected chi connectivity index (χ4v) is 1.20. The summed E-state index contributed by atoms with van der Waals surface area (Å²) in [6, 6.07) is 4.43. The van der Waals surface area contributed by atoms with E-state index in [0.29, 0.717) is 0 Å². The molecule has 1 aromatic rings. The standard InChI is InChI=1S/C10H13N5O2/c1-5(16)6-3-2-4-7(17)8(6)14-10(13)15-9(11)12/h2-4,17H,1H3,(H6,11,12,13,14,15). The second-order valence-corrected chi connectivity index (χ2v) is 3.24. The molecule has 0 aliphatic heterocycles. The number of carbonyl (C=O) groups is 1. The maximum atomic E-state index is 11.3. The lowest BCUT2D eigenvalue weighted by Gasteiger charge is -2.04. The molecule has 0 saturated carbocycles. The van der Waals surface area contributed by atoms with Crippen LogP contribution in [-0.4, -0.2) is 22.8 Å². The van der Waals surface area contributed by atoms with Gasteiger partial charge in [0.1, 0.15) is 11.4 Å². The van der Waals surface area contributed by atoms with Crippen molar-refractivity contribution in [3.8, 4) is 5.75 Å². The Bertz CT molecular complexity index is 503. The van der Waals surface area contributed by atoms with Crippen LogP contribution in [0.4, 0.5) is 5.69 Å². The number of benzene rings is 1. The van der Waals surface area contributed by atoms with Gasteiger partial charge < -0.3 is 22.3 Å². The summed E-state index contributed by atoms with van der Waals surface area (Å²) < 4.78 is 0. The molecule has 0 bridgehead atoms. The van der Waals surface area contributed by atoms with Crippen LogP contribution in [0.15, 0.2) is 28.2 Å². The number of guanidine groups is 2. The highest BCUT2D eigenvalue weighted by Gasteiger charge is 2.11. The van der Waals surface area contributed by atoms with Gasteiger partial charge in [-0.05, 0) is 19.1 Å². The number of nitrogens with two attached hydrogens (primary N) is 3. The first-order chi connectivity index (χ1) is 7.91. The van der Waals surface area contributed by atoms with Gasteiger partial charge in [0.15, 0.2) is 11.7 Å².